The van der Waals surface area contributed by atoms with Crippen LogP contribution in [0.15, 0.2) is 24.3 Å². The van der Waals surface area contributed by atoms with Crippen LogP contribution in [-0.4, -0.2) is 31.6 Å². The SMILES string of the molecule is CCCNCCc1ccc(CN(C)CC(C)(C)C)cc1. The largest absolute Gasteiger partial charge is 0.316 e. The van der Waals surface area contributed by atoms with Gasteiger partial charge in [0, 0.05) is 13.1 Å². The van der Waals surface area contributed by atoms with Gasteiger partial charge in [0.2, 0.25) is 0 Å². The zero-order chi connectivity index (χ0) is 15.0. The predicted octanol–water partition coefficient (Wildman–Crippen LogP) is 3.71. The summed E-state index contributed by atoms with van der Waals surface area (Å²) in [6, 6.07) is 9.09. The lowest BCUT2D eigenvalue weighted by molar-refractivity contribution is 0.221. The third kappa shape index (κ3) is 7.66. The highest BCUT2D eigenvalue weighted by Gasteiger charge is 2.13. The van der Waals surface area contributed by atoms with E-state index in [1.54, 1.807) is 0 Å². The Morgan fingerprint density at radius 2 is 1.60 bits per heavy atom. The van der Waals surface area contributed by atoms with E-state index in [1.807, 2.05) is 0 Å². The lowest BCUT2D eigenvalue weighted by Gasteiger charge is -2.26. The molecule has 0 saturated carbocycles. The van der Waals surface area contributed by atoms with E-state index in [9.17, 15) is 0 Å². The molecule has 0 atom stereocenters. The fourth-order valence-electron chi connectivity index (χ4n) is 2.52. The summed E-state index contributed by atoms with van der Waals surface area (Å²) in [5.41, 5.74) is 3.19. The third-order valence-electron chi connectivity index (χ3n) is 3.24. The molecule has 0 radical (unpaired) electrons. The first-order chi connectivity index (χ1) is 9.40. The molecule has 1 aromatic carbocycles. The number of hydrogen-bond donors (Lipinski definition) is 1. The summed E-state index contributed by atoms with van der Waals surface area (Å²) in [5.74, 6) is 0. The fraction of sp³-hybridized carbons (Fsp3) is 0.667. The maximum Gasteiger partial charge on any atom is 0.0230 e. The van der Waals surface area contributed by atoms with Gasteiger partial charge in [-0.1, -0.05) is 52.0 Å². The van der Waals surface area contributed by atoms with Crippen molar-refractivity contribution < 1.29 is 0 Å². The van der Waals surface area contributed by atoms with Crippen molar-refractivity contribution in [3.05, 3.63) is 35.4 Å². The van der Waals surface area contributed by atoms with Gasteiger partial charge in [-0.05, 0) is 49.5 Å². The Hall–Kier alpha value is -0.860. The average Bonchev–Trinajstić information content (AvgIpc) is 2.34. The van der Waals surface area contributed by atoms with Gasteiger partial charge in [0.15, 0.2) is 0 Å². The average molecular weight is 276 g/mol. The molecule has 0 aliphatic rings. The summed E-state index contributed by atoms with van der Waals surface area (Å²) in [6.45, 7) is 13.4. The van der Waals surface area contributed by atoms with Gasteiger partial charge in [0.05, 0.1) is 0 Å². The molecular formula is C18H32N2. The van der Waals surface area contributed by atoms with Crippen LogP contribution in [-0.2, 0) is 13.0 Å². The van der Waals surface area contributed by atoms with Crippen molar-refractivity contribution in [1.29, 1.82) is 0 Å². The molecule has 0 aliphatic heterocycles. The molecule has 0 fully saturated rings. The first kappa shape index (κ1) is 17.2. The maximum absolute atomic E-state index is 3.45. The minimum absolute atomic E-state index is 0.361. The van der Waals surface area contributed by atoms with Gasteiger partial charge in [-0.15, -0.1) is 0 Å². The van der Waals surface area contributed by atoms with E-state index in [0.717, 1.165) is 32.6 Å². The molecule has 1 aromatic rings. The van der Waals surface area contributed by atoms with Gasteiger partial charge in [0.1, 0.15) is 0 Å². The Morgan fingerprint density at radius 1 is 1.00 bits per heavy atom. The zero-order valence-corrected chi connectivity index (χ0v) is 14.0. The highest BCUT2D eigenvalue weighted by molar-refractivity contribution is 5.22. The van der Waals surface area contributed by atoms with Crippen LogP contribution in [0.2, 0.25) is 0 Å². The van der Waals surface area contributed by atoms with Crippen LogP contribution in [0, 0.1) is 5.41 Å². The quantitative estimate of drug-likeness (QED) is 0.728. The molecule has 20 heavy (non-hydrogen) atoms. The van der Waals surface area contributed by atoms with Crippen molar-refractivity contribution >= 4 is 0 Å². The Kier molecular flexibility index (Phi) is 7.25. The molecule has 0 amide bonds. The number of nitrogens with zero attached hydrogens (tertiary/aromatic N) is 1. The summed E-state index contributed by atoms with van der Waals surface area (Å²) in [6.07, 6.45) is 2.33. The van der Waals surface area contributed by atoms with Gasteiger partial charge >= 0.3 is 0 Å². The lowest BCUT2D eigenvalue weighted by Crippen LogP contribution is -2.28. The first-order valence-corrected chi connectivity index (χ1v) is 7.88. The van der Waals surface area contributed by atoms with Crippen molar-refractivity contribution in [1.82, 2.24) is 10.2 Å². The number of rotatable bonds is 8. The lowest BCUT2D eigenvalue weighted by atomic mass is 9.96. The summed E-state index contributed by atoms with van der Waals surface area (Å²) < 4.78 is 0. The second kappa shape index (κ2) is 8.43. The Bertz CT molecular complexity index is 362. The smallest absolute Gasteiger partial charge is 0.0230 e. The van der Waals surface area contributed by atoms with E-state index in [4.69, 9.17) is 0 Å². The summed E-state index contributed by atoms with van der Waals surface area (Å²) in [7, 11) is 2.20. The zero-order valence-electron chi connectivity index (χ0n) is 14.0. The highest BCUT2D eigenvalue weighted by atomic mass is 15.1. The van der Waals surface area contributed by atoms with Crippen LogP contribution in [0.25, 0.3) is 0 Å². The van der Waals surface area contributed by atoms with Crippen LogP contribution in [0.5, 0.6) is 0 Å². The minimum atomic E-state index is 0.361. The van der Waals surface area contributed by atoms with Gasteiger partial charge in [0.25, 0.3) is 0 Å². The molecule has 2 nitrogen and oxygen atoms in total. The third-order valence-corrected chi connectivity index (χ3v) is 3.24. The molecule has 0 heterocycles. The maximum atomic E-state index is 3.45. The summed E-state index contributed by atoms with van der Waals surface area (Å²) >= 11 is 0. The van der Waals surface area contributed by atoms with Crippen LogP contribution >= 0.6 is 0 Å². The van der Waals surface area contributed by atoms with E-state index in [2.05, 4.69) is 69.2 Å². The second-order valence-corrected chi connectivity index (χ2v) is 7.05. The Balaban J connectivity index is 2.38. The monoisotopic (exact) mass is 276 g/mol. The topological polar surface area (TPSA) is 15.3 Å². The van der Waals surface area contributed by atoms with E-state index in [1.165, 1.54) is 17.5 Å². The van der Waals surface area contributed by atoms with Crippen molar-refractivity contribution in [2.24, 2.45) is 5.41 Å². The molecule has 1 N–H and O–H groups in total. The molecule has 0 aromatic heterocycles. The van der Waals surface area contributed by atoms with Gasteiger partial charge in [-0.25, -0.2) is 0 Å². The molecular weight excluding hydrogens is 244 g/mol. The minimum Gasteiger partial charge on any atom is -0.316 e. The molecule has 0 aliphatic carbocycles. The van der Waals surface area contributed by atoms with Crippen LogP contribution < -0.4 is 5.32 Å². The number of benzene rings is 1. The van der Waals surface area contributed by atoms with Crippen molar-refractivity contribution in [2.75, 3.05) is 26.7 Å². The van der Waals surface area contributed by atoms with Crippen LogP contribution in [0.3, 0.4) is 0 Å². The van der Waals surface area contributed by atoms with Crippen molar-refractivity contribution in [3.8, 4) is 0 Å². The van der Waals surface area contributed by atoms with E-state index in [0.29, 0.717) is 5.41 Å². The van der Waals surface area contributed by atoms with Crippen LogP contribution in [0.1, 0.15) is 45.2 Å². The van der Waals surface area contributed by atoms with E-state index >= 15 is 0 Å². The van der Waals surface area contributed by atoms with Gasteiger partial charge in [-0.2, -0.15) is 0 Å². The fourth-order valence-corrected chi connectivity index (χ4v) is 2.52. The molecule has 0 spiro atoms. The van der Waals surface area contributed by atoms with E-state index in [-0.39, 0.29) is 0 Å². The molecule has 0 saturated heterocycles. The van der Waals surface area contributed by atoms with Crippen LogP contribution in [0.4, 0.5) is 0 Å². The van der Waals surface area contributed by atoms with E-state index < -0.39 is 0 Å². The molecule has 114 valence electrons. The van der Waals surface area contributed by atoms with Gasteiger partial charge in [-0.3, -0.25) is 0 Å². The predicted molar refractivity (Wildman–Crippen MR) is 89.1 cm³/mol. The second-order valence-electron chi connectivity index (χ2n) is 7.05. The summed E-state index contributed by atoms with van der Waals surface area (Å²) in [5, 5.41) is 3.45. The molecule has 2 heteroatoms. The van der Waals surface area contributed by atoms with Gasteiger partial charge < -0.3 is 10.2 Å². The number of hydrogen-bond acceptors (Lipinski definition) is 2. The summed E-state index contributed by atoms with van der Waals surface area (Å²) in [4.78, 5) is 2.40. The first-order valence-electron chi connectivity index (χ1n) is 7.88. The van der Waals surface area contributed by atoms with Crippen molar-refractivity contribution in [2.45, 2.75) is 47.1 Å². The highest BCUT2D eigenvalue weighted by Crippen LogP contribution is 2.16. The Morgan fingerprint density at radius 3 is 2.15 bits per heavy atom. The molecule has 1 rings (SSSR count). The van der Waals surface area contributed by atoms with Crippen molar-refractivity contribution in [3.63, 3.8) is 0 Å². The standard InChI is InChI=1S/C18H32N2/c1-6-12-19-13-11-16-7-9-17(10-8-16)14-20(5)15-18(2,3)4/h7-10,19H,6,11-15H2,1-5H3. The normalized spacial score (nSPS) is 12.1. The Labute approximate surface area is 125 Å². The molecule has 0 unspecified atom stereocenters. The molecule has 0 bridgehead atoms. The number of nitrogens with one attached hydrogen (secondary N) is 1.